The van der Waals surface area contributed by atoms with Gasteiger partial charge in [0, 0.05) is 0 Å². The largest absolute Gasteiger partial charge is 0.871 e. The van der Waals surface area contributed by atoms with E-state index in [1.807, 2.05) is 0 Å². The molecular weight excluding hydrogens is 183 g/mol. The van der Waals surface area contributed by atoms with Crippen LogP contribution in [-0.4, -0.2) is 77.7 Å². The lowest BCUT2D eigenvalue weighted by Crippen LogP contribution is -2.44. The summed E-state index contributed by atoms with van der Waals surface area (Å²) >= 11 is 0. The van der Waals surface area contributed by atoms with Crippen LogP contribution in [0.4, 0.5) is 0 Å². The molecule has 88 valence electrons. The standard InChI is InChI=1S/2C4H12N.BHO3/c2*1-5(2,3)4;2-1(3)4/h2*1-4H3;2H/q2*+1;-2. The summed E-state index contributed by atoms with van der Waals surface area (Å²) in [5, 5.41) is 24.0. The van der Waals surface area contributed by atoms with Crippen LogP contribution >= 0.6 is 0 Å². The van der Waals surface area contributed by atoms with Crippen LogP contribution in [0.2, 0.25) is 0 Å². The molecule has 0 heterocycles. The Kier molecular flexibility index (Phi) is 11.4. The molecule has 5 nitrogen and oxygen atoms in total. The third-order valence-electron chi connectivity index (χ3n) is 0. The summed E-state index contributed by atoms with van der Waals surface area (Å²) in [7, 11) is 14.3. The number of hydrogen-bond acceptors (Lipinski definition) is 3. The Morgan fingerprint density at radius 2 is 0.714 bits per heavy atom. The number of nitrogens with zero attached hydrogens (tertiary/aromatic N) is 2. The average Bonchev–Trinajstić information content (AvgIpc) is 1.45. The van der Waals surface area contributed by atoms with Crippen LogP contribution in [0, 0.1) is 0 Å². The molecule has 0 amide bonds. The summed E-state index contributed by atoms with van der Waals surface area (Å²) < 4.78 is 2.00. The summed E-state index contributed by atoms with van der Waals surface area (Å²) in [6.07, 6.45) is 0. The lowest BCUT2D eigenvalue weighted by molar-refractivity contribution is -0.849. The molecule has 0 fully saturated rings. The van der Waals surface area contributed by atoms with Gasteiger partial charge in [-0.15, -0.1) is 0 Å². The molecule has 6 heteroatoms. The van der Waals surface area contributed by atoms with Crippen molar-refractivity contribution in [2.45, 2.75) is 0 Å². The van der Waals surface area contributed by atoms with Gasteiger partial charge in [-0.3, -0.25) is 0 Å². The van der Waals surface area contributed by atoms with Gasteiger partial charge in [0.1, 0.15) is 0 Å². The van der Waals surface area contributed by atoms with Crippen LogP contribution in [-0.2, 0) is 0 Å². The van der Waals surface area contributed by atoms with Crippen molar-refractivity contribution in [1.29, 1.82) is 0 Å². The van der Waals surface area contributed by atoms with Gasteiger partial charge >= 0.3 is 0 Å². The summed E-state index contributed by atoms with van der Waals surface area (Å²) in [4.78, 5) is 0. The second kappa shape index (κ2) is 8.20. The van der Waals surface area contributed by atoms with Crippen molar-refractivity contribution in [3.05, 3.63) is 0 Å². The van der Waals surface area contributed by atoms with Crippen LogP contribution in [0.25, 0.3) is 0 Å². The van der Waals surface area contributed by atoms with Crippen LogP contribution in [0.3, 0.4) is 0 Å². The first-order valence-electron chi connectivity index (χ1n) is 4.31. The fraction of sp³-hybridized carbons (Fsp3) is 1.00. The zero-order chi connectivity index (χ0) is 12.6. The molecule has 0 bridgehead atoms. The summed E-state index contributed by atoms with van der Waals surface area (Å²) in [5.41, 5.74) is 0. The van der Waals surface area contributed by atoms with E-state index < -0.39 is 7.32 Å². The van der Waals surface area contributed by atoms with Crippen LogP contribution in [0.1, 0.15) is 0 Å². The molecule has 0 rings (SSSR count). The lowest BCUT2D eigenvalue weighted by Gasteiger charge is -2.14. The molecule has 0 aromatic rings. The minimum atomic E-state index is -2.67. The summed E-state index contributed by atoms with van der Waals surface area (Å²) in [6, 6.07) is 0. The van der Waals surface area contributed by atoms with Gasteiger partial charge in [0.05, 0.1) is 63.7 Å². The van der Waals surface area contributed by atoms with Crippen molar-refractivity contribution in [3.8, 4) is 0 Å². The Morgan fingerprint density at radius 1 is 0.714 bits per heavy atom. The van der Waals surface area contributed by atoms with E-state index in [1.54, 1.807) is 0 Å². The molecule has 0 saturated heterocycles. The molecule has 14 heavy (non-hydrogen) atoms. The Balaban J connectivity index is -0.000000131. The first-order chi connectivity index (χ1) is 5.73. The Hall–Kier alpha value is -0.135. The molecule has 0 aromatic carbocycles. The minimum Gasteiger partial charge on any atom is -0.871 e. The normalized spacial score (nSPS) is 10.5. The van der Waals surface area contributed by atoms with Crippen molar-refractivity contribution in [2.75, 3.05) is 56.4 Å². The molecule has 0 spiro atoms. The van der Waals surface area contributed by atoms with Crippen LogP contribution in [0.15, 0.2) is 0 Å². The molecule has 0 saturated carbocycles. The Labute approximate surface area is 88.6 Å². The first-order valence-corrected chi connectivity index (χ1v) is 4.31. The summed E-state index contributed by atoms with van der Waals surface area (Å²) in [6.45, 7) is 0. The third-order valence-corrected chi connectivity index (χ3v) is 0. The fourth-order valence-corrected chi connectivity index (χ4v) is 0. The van der Waals surface area contributed by atoms with Gasteiger partial charge in [0.2, 0.25) is 0 Å². The van der Waals surface area contributed by atoms with Gasteiger partial charge in [0.25, 0.3) is 0 Å². The van der Waals surface area contributed by atoms with E-state index in [0.29, 0.717) is 0 Å². The molecule has 0 radical (unpaired) electrons. The molecule has 0 aliphatic carbocycles. The number of hydrogen-bond donors (Lipinski definition) is 1. The van der Waals surface area contributed by atoms with Gasteiger partial charge in [-0.05, 0) is 0 Å². The second-order valence-corrected chi connectivity index (χ2v) is 5.67. The first kappa shape index (κ1) is 19.4. The molecule has 0 atom stereocenters. The smallest absolute Gasteiger partial charge is 0.0675 e. The monoisotopic (exact) mass is 208 g/mol. The Bertz CT molecular complexity index is 92.0. The molecular formula is C8H25BN2O3. The molecule has 0 unspecified atom stereocenters. The van der Waals surface area contributed by atoms with E-state index >= 15 is 0 Å². The van der Waals surface area contributed by atoms with E-state index in [0.717, 1.165) is 8.97 Å². The predicted molar refractivity (Wildman–Crippen MR) is 55.9 cm³/mol. The van der Waals surface area contributed by atoms with E-state index in [-0.39, 0.29) is 0 Å². The van der Waals surface area contributed by atoms with Crippen molar-refractivity contribution in [3.63, 3.8) is 0 Å². The maximum absolute atomic E-state index is 8.53. The highest BCUT2D eigenvalue weighted by atomic mass is 16.5. The number of rotatable bonds is 0. The zero-order valence-electron chi connectivity index (χ0n) is 10.7. The maximum Gasteiger partial charge on any atom is 0.0675 e. The molecule has 1 N–H and O–H groups in total. The van der Waals surface area contributed by atoms with Gasteiger partial charge in [-0.2, -0.15) is 0 Å². The SMILES string of the molecule is C[N+](C)(C)C.C[N+](C)(C)C.[O-]B([O-])O. The highest BCUT2D eigenvalue weighted by molar-refractivity contribution is 6.26. The average molecular weight is 208 g/mol. The fourth-order valence-electron chi connectivity index (χ4n) is 0. The highest BCUT2D eigenvalue weighted by Gasteiger charge is 1.88. The van der Waals surface area contributed by atoms with Crippen molar-refractivity contribution in [1.82, 2.24) is 0 Å². The third kappa shape index (κ3) is 76800. The molecule has 0 aromatic heterocycles. The van der Waals surface area contributed by atoms with Crippen LogP contribution in [0.5, 0.6) is 0 Å². The van der Waals surface area contributed by atoms with Gasteiger partial charge in [0.15, 0.2) is 0 Å². The van der Waals surface area contributed by atoms with Gasteiger partial charge in [-0.1, -0.05) is 0 Å². The quantitative estimate of drug-likeness (QED) is 0.348. The Morgan fingerprint density at radius 3 is 0.714 bits per heavy atom. The van der Waals surface area contributed by atoms with Crippen molar-refractivity contribution < 1.29 is 24.0 Å². The van der Waals surface area contributed by atoms with Gasteiger partial charge < -0.3 is 24.0 Å². The minimum absolute atomic E-state index is 1.00. The summed E-state index contributed by atoms with van der Waals surface area (Å²) in [5.74, 6) is 0. The van der Waals surface area contributed by atoms with E-state index in [9.17, 15) is 0 Å². The second-order valence-electron chi connectivity index (χ2n) is 5.67. The predicted octanol–water partition coefficient (Wildman–Crippen LogP) is -2.67. The molecule has 0 aliphatic rings. The molecule has 0 aliphatic heterocycles. The number of quaternary nitrogens is 2. The highest BCUT2D eigenvalue weighted by Crippen LogP contribution is 1.74. The van der Waals surface area contributed by atoms with E-state index in [2.05, 4.69) is 56.4 Å². The van der Waals surface area contributed by atoms with Gasteiger partial charge in [-0.25, -0.2) is 0 Å². The zero-order valence-corrected chi connectivity index (χ0v) is 10.7. The lowest BCUT2D eigenvalue weighted by atomic mass is 10.3. The van der Waals surface area contributed by atoms with E-state index in [4.69, 9.17) is 15.1 Å². The van der Waals surface area contributed by atoms with Crippen molar-refractivity contribution >= 4 is 7.32 Å². The van der Waals surface area contributed by atoms with E-state index in [1.165, 1.54) is 0 Å². The van der Waals surface area contributed by atoms with Crippen molar-refractivity contribution in [2.24, 2.45) is 0 Å². The topological polar surface area (TPSA) is 66.3 Å². The maximum atomic E-state index is 8.53. The van der Waals surface area contributed by atoms with Crippen LogP contribution < -0.4 is 10.0 Å².